The lowest BCUT2D eigenvalue weighted by atomic mass is 10.2. The van der Waals surface area contributed by atoms with Crippen molar-refractivity contribution in [3.05, 3.63) is 18.2 Å². The van der Waals surface area contributed by atoms with Crippen LogP contribution in [0.1, 0.15) is 25.1 Å². The van der Waals surface area contributed by atoms with E-state index < -0.39 is 0 Å². The van der Waals surface area contributed by atoms with Gasteiger partial charge in [-0.3, -0.25) is 0 Å². The van der Waals surface area contributed by atoms with Crippen molar-refractivity contribution in [1.29, 1.82) is 0 Å². The van der Waals surface area contributed by atoms with Crippen LogP contribution in [0.15, 0.2) is 12.4 Å². The predicted molar refractivity (Wildman–Crippen MR) is 47.9 cm³/mol. The van der Waals surface area contributed by atoms with Gasteiger partial charge in [-0.15, -0.1) is 0 Å². The third-order valence-corrected chi connectivity index (χ3v) is 1.98. The molecule has 1 heterocycles. The van der Waals surface area contributed by atoms with E-state index in [1.807, 2.05) is 19.3 Å². The van der Waals surface area contributed by atoms with Crippen molar-refractivity contribution in [2.24, 2.45) is 0 Å². The molecular weight excluding hydrogens is 152 g/mol. The maximum Gasteiger partial charge on any atom is 0.105 e. The Labute approximate surface area is 73.1 Å². The highest BCUT2D eigenvalue weighted by Gasteiger charge is 1.95. The summed E-state index contributed by atoms with van der Waals surface area (Å²) in [5.41, 5.74) is 0. The fourth-order valence-corrected chi connectivity index (χ4v) is 1.21. The molecule has 0 aliphatic heterocycles. The minimum Gasteiger partial charge on any atom is -0.396 e. The molecule has 0 radical (unpaired) electrons. The summed E-state index contributed by atoms with van der Waals surface area (Å²) in [6.45, 7) is 3.33. The van der Waals surface area contributed by atoms with Crippen LogP contribution in [0.25, 0.3) is 0 Å². The van der Waals surface area contributed by atoms with Gasteiger partial charge < -0.3 is 9.67 Å². The number of aliphatic hydroxyl groups excluding tert-OH is 1. The van der Waals surface area contributed by atoms with E-state index in [4.69, 9.17) is 5.11 Å². The summed E-state index contributed by atoms with van der Waals surface area (Å²) in [6.07, 6.45) is 6.94. The number of aryl methyl sites for hydroxylation is 2. The van der Waals surface area contributed by atoms with Crippen LogP contribution in [-0.2, 0) is 6.54 Å². The average molecular weight is 168 g/mol. The van der Waals surface area contributed by atoms with E-state index in [1.54, 1.807) is 0 Å². The first-order valence-electron chi connectivity index (χ1n) is 4.43. The third-order valence-electron chi connectivity index (χ3n) is 1.98. The molecule has 1 aromatic heterocycles. The van der Waals surface area contributed by atoms with Crippen LogP contribution in [0.3, 0.4) is 0 Å². The largest absolute Gasteiger partial charge is 0.396 e. The number of unbranched alkanes of at least 4 members (excludes halogenated alkanes) is 2. The molecule has 1 rings (SSSR count). The molecule has 68 valence electrons. The topological polar surface area (TPSA) is 38.0 Å². The molecule has 0 atom stereocenters. The molecule has 0 bridgehead atoms. The Bertz CT molecular complexity index is 220. The molecule has 0 aromatic carbocycles. The molecule has 0 aliphatic carbocycles. The minimum atomic E-state index is 0.308. The average Bonchev–Trinajstić information content (AvgIpc) is 2.46. The number of aromatic nitrogens is 2. The highest BCUT2D eigenvalue weighted by molar-refractivity contribution is 4.87. The molecule has 0 saturated carbocycles. The standard InChI is InChI=1S/C9H16N2O/c1-9-10-5-7-11(9)6-3-2-4-8-12/h5,7,12H,2-4,6,8H2,1H3. The van der Waals surface area contributed by atoms with Gasteiger partial charge in [0.15, 0.2) is 0 Å². The zero-order valence-corrected chi connectivity index (χ0v) is 7.53. The molecule has 0 unspecified atom stereocenters. The molecule has 0 saturated heterocycles. The number of hydrogen-bond acceptors (Lipinski definition) is 2. The van der Waals surface area contributed by atoms with Gasteiger partial charge in [0.25, 0.3) is 0 Å². The first kappa shape index (κ1) is 9.26. The Hall–Kier alpha value is -0.830. The lowest BCUT2D eigenvalue weighted by Crippen LogP contribution is -1.99. The lowest BCUT2D eigenvalue weighted by Gasteiger charge is -2.03. The third kappa shape index (κ3) is 2.66. The normalized spacial score (nSPS) is 10.5. The Morgan fingerprint density at radius 2 is 2.25 bits per heavy atom. The van der Waals surface area contributed by atoms with Gasteiger partial charge >= 0.3 is 0 Å². The highest BCUT2D eigenvalue weighted by Crippen LogP contribution is 2.01. The zero-order chi connectivity index (χ0) is 8.81. The Balaban J connectivity index is 2.20. The Morgan fingerprint density at radius 3 is 2.83 bits per heavy atom. The van der Waals surface area contributed by atoms with Gasteiger partial charge in [-0.2, -0.15) is 0 Å². The second-order valence-electron chi connectivity index (χ2n) is 2.95. The molecule has 0 aliphatic rings. The summed E-state index contributed by atoms with van der Waals surface area (Å²) in [5, 5.41) is 8.56. The van der Waals surface area contributed by atoms with Crippen molar-refractivity contribution in [2.75, 3.05) is 6.61 Å². The molecule has 0 spiro atoms. The van der Waals surface area contributed by atoms with Crippen LogP contribution < -0.4 is 0 Å². The number of nitrogens with zero attached hydrogens (tertiary/aromatic N) is 2. The van der Waals surface area contributed by atoms with Gasteiger partial charge in [-0.25, -0.2) is 4.98 Å². The van der Waals surface area contributed by atoms with Gasteiger partial charge in [0.1, 0.15) is 5.82 Å². The van der Waals surface area contributed by atoms with Crippen molar-refractivity contribution in [1.82, 2.24) is 9.55 Å². The van der Waals surface area contributed by atoms with Gasteiger partial charge in [-0.1, -0.05) is 0 Å². The lowest BCUT2D eigenvalue weighted by molar-refractivity contribution is 0.282. The van der Waals surface area contributed by atoms with Crippen LogP contribution in [0.5, 0.6) is 0 Å². The molecule has 0 fully saturated rings. The maximum atomic E-state index is 8.56. The zero-order valence-electron chi connectivity index (χ0n) is 7.53. The number of imidazole rings is 1. The summed E-state index contributed by atoms with van der Waals surface area (Å²) in [6, 6.07) is 0. The van der Waals surface area contributed by atoms with E-state index in [-0.39, 0.29) is 0 Å². The quantitative estimate of drug-likeness (QED) is 0.674. The van der Waals surface area contributed by atoms with Crippen molar-refractivity contribution in [2.45, 2.75) is 32.7 Å². The van der Waals surface area contributed by atoms with E-state index in [0.717, 1.165) is 31.6 Å². The van der Waals surface area contributed by atoms with E-state index in [0.29, 0.717) is 6.61 Å². The van der Waals surface area contributed by atoms with Crippen molar-refractivity contribution in [3.63, 3.8) is 0 Å². The summed E-state index contributed by atoms with van der Waals surface area (Å²) in [7, 11) is 0. The SMILES string of the molecule is Cc1nccn1CCCCCO. The smallest absolute Gasteiger partial charge is 0.105 e. The van der Waals surface area contributed by atoms with E-state index in [1.165, 1.54) is 0 Å². The fraction of sp³-hybridized carbons (Fsp3) is 0.667. The maximum absolute atomic E-state index is 8.56. The molecular formula is C9H16N2O. The van der Waals surface area contributed by atoms with Gasteiger partial charge in [0.05, 0.1) is 0 Å². The van der Waals surface area contributed by atoms with Crippen LogP contribution in [-0.4, -0.2) is 21.3 Å². The summed E-state index contributed by atoms with van der Waals surface area (Å²) < 4.78 is 2.14. The second-order valence-corrected chi connectivity index (χ2v) is 2.95. The monoisotopic (exact) mass is 168 g/mol. The molecule has 3 heteroatoms. The second kappa shape index (κ2) is 4.93. The number of rotatable bonds is 5. The van der Waals surface area contributed by atoms with Crippen LogP contribution in [0, 0.1) is 6.92 Å². The highest BCUT2D eigenvalue weighted by atomic mass is 16.2. The van der Waals surface area contributed by atoms with Crippen LogP contribution in [0.4, 0.5) is 0 Å². The van der Waals surface area contributed by atoms with Crippen LogP contribution in [0.2, 0.25) is 0 Å². The van der Waals surface area contributed by atoms with E-state index >= 15 is 0 Å². The van der Waals surface area contributed by atoms with Gasteiger partial charge in [0, 0.05) is 25.5 Å². The van der Waals surface area contributed by atoms with Gasteiger partial charge in [-0.05, 0) is 26.2 Å². The fourth-order valence-electron chi connectivity index (χ4n) is 1.21. The molecule has 12 heavy (non-hydrogen) atoms. The number of hydrogen-bond donors (Lipinski definition) is 1. The van der Waals surface area contributed by atoms with Crippen molar-refractivity contribution < 1.29 is 5.11 Å². The molecule has 0 amide bonds. The number of aliphatic hydroxyl groups is 1. The molecule has 3 nitrogen and oxygen atoms in total. The predicted octanol–water partition coefficient (Wildman–Crippen LogP) is 1.35. The summed E-state index contributed by atoms with van der Waals surface area (Å²) in [5.74, 6) is 1.07. The summed E-state index contributed by atoms with van der Waals surface area (Å²) in [4.78, 5) is 4.13. The Morgan fingerprint density at radius 1 is 1.42 bits per heavy atom. The molecule has 1 aromatic rings. The van der Waals surface area contributed by atoms with E-state index in [9.17, 15) is 0 Å². The first-order chi connectivity index (χ1) is 5.84. The van der Waals surface area contributed by atoms with E-state index in [2.05, 4.69) is 9.55 Å². The van der Waals surface area contributed by atoms with Gasteiger partial charge in [0.2, 0.25) is 0 Å². The molecule has 1 N–H and O–H groups in total. The minimum absolute atomic E-state index is 0.308. The van der Waals surface area contributed by atoms with Crippen LogP contribution >= 0.6 is 0 Å². The first-order valence-corrected chi connectivity index (χ1v) is 4.43. The summed E-state index contributed by atoms with van der Waals surface area (Å²) >= 11 is 0. The Kier molecular flexibility index (Phi) is 3.80. The van der Waals surface area contributed by atoms with Crippen molar-refractivity contribution >= 4 is 0 Å². The van der Waals surface area contributed by atoms with Crippen molar-refractivity contribution in [3.8, 4) is 0 Å².